The zero-order chi connectivity index (χ0) is 22.1. The number of anilines is 2. The molecular formula is C23H23N7O2. The molecule has 1 saturated heterocycles. The van der Waals surface area contributed by atoms with Gasteiger partial charge in [-0.2, -0.15) is 9.97 Å². The number of phenolic OH excluding ortho intramolecular Hbond substituents is 1. The summed E-state index contributed by atoms with van der Waals surface area (Å²) in [5.41, 5.74) is 8.64. The molecule has 9 nitrogen and oxygen atoms in total. The zero-order valence-electron chi connectivity index (χ0n) is 17.4. The Morgan fingerprint density at radius 1 is 0.969 bits per heavy atom. The Hall–Kier alpha value is -4.14. The summed E-state index contributed by atoms with van der Waals surface area (Å²) in [7, 11) is 0. The van der Waals surface area contributed by atoms with Crippen LogP contribution in [0, 0.1) is 0 Å². The first-order chi connectivity index (χ1) is 15.6. The Bertz CT molecular complexity index is 1260. The molecule has 1 aliphatic rings. The van der Waals surface area contributed by atoms with E-state index in [0.29, 0.717) is 61.0 Å². The summed E-state index contributed by atoms with van der Waals surface area (Å²) in [6.07, 6.45) is 0.399. The maximum Gasteiger partial charge on any atom is 0.227 e. The highest BCUT2D eigenvalue weighted by Gasteiger charge is 2.25. The normalized spacial score (nSPS) is 14.1. The van der Waals surface area contributed by atoms with E-state index in [0.717, 1.165) is 5.56 Å². The van der Waals surface area contributed by atoms with Gasteiger partial charge >= 0.3 is 0 Å². The Labute approximate surface area is 184 Å². The molecule has 1 fully saturated rings. The molecule has 0 unspecified atom stereocenters. The molecule has 0 atom stereocenters. The molecule has 0 saturated carbocycles. The molecule has 0 radical (unpaired) electrons. The topological polar surface area (TPSA) is 124 Å². The summed E-state index contributed by atoms with van der Waals surface area (Å²) in [4.78, 5) is 33.1. The molecule has 2 aromatic carbocycles. The number of nitrogens with one attached hydrogen (secondary N) is 1. The van der Waals surface area contributed by atoms with Crippen molar-refractivity contribution in [1.82, 2.24) is 24.8 Å². The smallest absolute Gasteiger partial charge is 0.227 e. The van der Waals surface area contributed by atoms with Crippen molar-refractivity contribution >= 4 is 28.8 Å². The maximum atomic E-state index is 12.7. The molecule has 4 aromatic rings. The van der Waals surface area contributed by atoms with Crippen LogP contribution in [-0.2, 0) is 11.2 Å². The number of nitrogen functional groups attached to an aromatic ring is 1. The van der Waals surface area contributed by atoms with Crippen LogP contribution in [0.3, 0.4) is 0 Å². The van der Waals surface area contributed by atoms with E-state index in [4.69, 9.17) is 5.73 Å². The lowest BCUT2D eigenvalue weighted by Gasteiger charge is -2.35. The van der Waals surface area contributed by atoms with E-state index in [1.807, 2.05) is 41.3 Å². The van der Waals surface area contributed by atoms with Gasteiger partial charge in [0.05, 0.1) is 12.0 Å². The minimum Gasteiger partial charge on any atom is -0.507 e. The fourth-order valence-corrected chi connectivity index (χ4v) is 3.98. The van der Waals surface area contributed by atoms with Crippen molar-refractivity contribution in [1.29, 1.82) is 0 Å². The van der Waals surface area contributed by atoms with Gasteiger partial charge in [-0.05, 0) is 17.7 Å². The van der Waals surface area contributed by atoms with Gasteiger partial charge in [0.2, 0.25) is 11.9 Å². The van der Waals surface area contributed by atoms with E-state index in [-0.39, 0.29) is 17.6 Å². The number of aromatic hydroxyl groups is 1. The SMILES string of the molecule is Nc1nc(N2CCN(C(=O)Cc3ccccc3)CC2)c2[nH]c(-c3ccccc3O)nc2n1. The standard InChI is InChI=1S/C23H23N7O2/c24-23-27-21-19(25-20(26-21)16-8-4-5-9-17(16)31)22(28-23)30-12-10-29(11-13-30)18(32)14-15-6-2-1-3-7-15/h1-9,31H,10-14H2,(H3,24,25,26,27,28). The average Bonchev–Trinajstić information content (AvgIpc) is 3.23. The predicted octanol–water partition coefficient (Wildman–Crippen LogP) is 2.20. The maximum absolute atomic E-state index is 12.7. The highest BCUT2D eigenvalue weighted by Crippen LogP contribution is 2.31. The van der Waals surface area contributed by atoms with Crippen molar-refractivity contribution < 1.29 is 9.90 Å². The number of rotatable bonds is 4. The molecule has 32 heavy (non-hydrogen) atoms. The van der Waals surface area contributed by atoms with Crippen LogP contribution in [-0.4, -0.2) is 62.0 Å². The molecule has 0 spiro atoms. The van der Waals surface area contributed by atoms with Gasteiger partial charge in [-0.1, -0.05) is 42.5 Å². The first-order valence-corrected chi connectivity index (χ1v) is 10.5. The third kappa shape index (κ3) is 3.80. The number of carbonyl (C=O) groups is 1. The summed E-state index contributed by atoms with van der Waals surface area (Å²) in [5.74, 6) is 1.52. The van der Waals surface area contributed by atoms with Crippen molar-refractivity contribution in [3.05, 3.63) is 60.2 Å². The van der Waals surface area contributed by atoms with Gasteiger partial charge in [0.25, 0.3) is 0 Å². The van der Waals surface area contributed by atoms with Crippen LogP contribution in [0.1, 0.15) is 5.56 Å². The number of imidazole rings is 1. The molecule has 2 aromatic heterocycles. The number of nitrogens with two attached hydrogens (primary N) is 1. The molecule has 3 heterocycles. The monoisotopic (exact) mass is 429 g/mol. The second-order valence-electron chi connectivity index (χ2n) is 7.74. The number of aromatic nitrogens is 4. The van der Waals surface area contributed by atoms with Crippen LogP contribution >= 0.6 is 0 Å². The number of nitrogens with zero attached hydrogens (tertiary/aromatic N) is 5. The number of aromatic amines is 1. The van der Waals surface area contributed by atoms with E-state index in [2.05, 4.69) is 24.8 Å². The van der Waals surface area contributed by atoms with Crippen LogP contribution in [0.4, 0.5) is 11.8 Å². The fourth-order valence-electron chi connectivity index (χ4n) is 3.98. The van der Waals surface area contributed by atoms with Crippen LogP contribution in [0.2, 0.25) is 0 Å². The first-order valence-electron chi connectivity index (χ1n) is 10.5. The van der Waals surface area contributed by atoms with E-state index >= 15 is 0 Å². The van der Waals surface area contributed by atoms with Crippen LogP contribution < -0.4 is 10.6 Å². The lowest BCUT2D eigenvalue weighted by Crippen LogP contribution is -2.49. The van der Waals surface area contributed by atoms with Gasteiger partial charge in [-0.15, -0.1) is 0 Å². The number of para-hydroxylation sites is 1. The van der Waals surface area contributed by atoms with E-state index in [1.165, 1.54) is 0 Å². The highest BCUT2D eigenvalue weighted by atomic mass is 16.3. The molecule has 1 amide bonds. The molecule has 162 valence electrons. The number of hydrogen-bond acceptors (Lipinski definition) is 7. The molecule has 1 aliphatic heterocycles. The van der Waals surface area contributed by atoms with Crippen molar-refractivity contribution in [3.63, 3.8) is 0 Å². The Balaban J connectivity index is 1.36. The molecule has 9 heteroatoms. The van der Waals surface area contributed by atoms with E-state index in [9.17, 15) is 9.90 Å². The quantitative estimate of drug-likeness (QED) is 0.454. The zero-order valence-corrected chi connectivity index (χ0v) is 17.4. The second kappa shape index (κ2) is 8.18. The fraction of sp³-hybridized carbons (Fsp3) is 0.217. The Kier molecular flexibility index (Phi) is 5.06. The largest absolute Gasteiger partial charge is 0.507 e. The minimum atomic E-state index is 0.117. The van der Waals surface area contributed by atoms with Crippen molar-refractivity contribution in [2.24, 2.45) is 0 Å². The summed E-state index contributed by atoms with van der Waals surface area (Å²) in [6, 6.07) is 16.7. The van der Waals surface area contributed by atoms with Gasteiger partial charge in [0, 0.05) is 26.2 Å². The van der Waals surface area contributed by atoms with Crippen LogP contribution in [0.5, 0.6) is 5.75 Å². The van der Waals surface area contributed by atoms with Crippen LogP contribution in [0.25, 0.3) is 22.6 Å². The van der Waals surface area contributed by atoms with Gasteiger partial charge in [-0.25, -0.2) is 4.98 Å². The first kappa shape index (κ1) is 19.8. The molecule has 5 rings (SSSR count). The number of carbonyl (C=O) groups excluding carboxylic acids is 1. The molecule has 0 aliphatic carbocycles. The van der Waals surface area contributed by atoms with Crippen LogP contribution in [0.15, 0.2) is 54.6 Å². The number of H-pyrrole nitrogens is 1. The number of phenols is 1. The number of hydrogen-bond donors (Lipinski definition) is 3. The number of amides is 1. The molecular weight excluding hydrogens is 406 g/mol. The lowest BCUT2D eigenvalue weighted by molar-refractivity contribution is -0.130. The summed E-state index contributed by atoms with van der Waals surface area (Å²) < 4.78 is 0. The van der Waals surface area contributed by atoms with Crippen molar-refractivity contribution in [2.75, 3.05) is 36.8 Å². The van der Waals surface area contributed by atoms with Gasteiger partial charge in [-0.3, -0.25) is 4.79 Å². The summed E-state index contributed by atoms with van der Waals surface area (Å²) >= 11 is 0. The van der Waals surface area contributed by atoms with Gasteiger partial charge in [0.15, 0.2) is 11.5 Å². The summed E-state index contributed by atoms with van der Waals surface area (Å²) in [6.45, 7) is 2.43. The van der Waals surface area contributed by atoms with Crippen molar-refractivity contribution in [3.8, 4) is 17.1 Å². The third-order valence-electron chi connectivity index (χ3n) is 5.64. The number of piperazine rings is 1. The predicted molar refractivity (Wildman–Crippen MR) is 122 cm³/mol. The molecule has 0 bridgehead atoms. The Morgan fingerprint density at radius 3 is 2.44 bits per heavy atom. The Morgan fingerprint density at radius 2 is 1.69 bits per heavy atom. The number of benzene rings is 2. The van der Waals surface area contributed by atoms with Crippen molar-refractivity contribution in [2.45, 2.75) is 6.42 Å². The van der Waals surface area contributed by atoms with Gasteiger partial charge < -0.3 is 25.6 Å². The third-order valence-corrected chi connectivity index (χ3v) is 5.64. The number of fused-ring (bicyclic) bond motifs is 1. The average molecular weight is 429 g/mol. The van der Waals surface area contributed by atoms with Gasteiger partial charge in [0.1, 0.15) is 17.1 Å². The summed E-state index contributed by atoms with van der Waals surface area (Å²) in [5, 5.41) is 10.2. The van der Waals surface area contributed by atoms with E-state index in [1.54, 1.807) is 18.2 Å². The lowest BCUT2D eigenvalue weighted by atomic mass is 10.1. The molecule has 4 N–H and O–H groups in total. The minimum absolute atomic E-state index is 0.117. The second-order valence-corrected chi connectivity index (χ2v) is 7.74. The van der Waals surface area contributed by atoms with E-state index < -0.39 is 0 Å². The highest BCUT2D eigenvalue weighted by molar-refractivity contribution is 5.88.